The Morgan fingerprint density at radius 3 is 2.68 bits per heavy atom. The fraction of sp³-hybridized carbons (Fsp3) is 0.562. The number of hydrogen-bond acceptors (Lipinski definition) is 3. The van der Waals surface area contributed by atoms with Gasteiger partial charge in [-0.3, -0.25) is 9.89 Å². The zero-order valence-electron chi connectivity index (χ0n) is 14.1. The number of guanidine groups is 1. The van der Waals surface area contributed by atoms with Crippen molar-refractivity contribution in [2.45, 2.75) is 23.5 Å². The van der Waals surface area contributed by atoms with Gasteiger partial charge in [-0.05, 0) is 18.6 Å². The van der Waals surface area contributed by atoms with Gasteiger partial charge in [-0.15, -0.1) is 35.7 Å². The Bertz CT molecular complexity index is 528. The molecule has 2 N–H and O–H groups in total. The van der Waals surface area contributed by atoms with Crippen molar-refractivity contribution in [3.8, 4) is 0 Å². The molecular weight excluding hydrogens is 464 g/mol. The number of nitrogens with one attached hydrogen (secondary N) is 2. The molecule has 1 aliphatic heterocycles. The number of likely N-dealkylation sites (tertiary alicyclic amines) is 1. The van der Waals surface area contributed by atoms with E-state index in [1.165, 1.54) is 9.80 Å². The Labute approximate surface area is 168 Å². The normalized spacial score (nSPS) is 18.7. The molecule has 25 heavy (non-hydrogen) atoms. The fourth-order valence-electron chi connectivity index (χ4n) is 2.59. The number of hydrogen-bond donors (Lipinski definition) is 2. The van der Waals surface area contributed by atoms with E-state index in [9.17, 15) is 13.2 Å². The molecule has 1 aromatic carbocycles. The topological polar surface area (TPSA) is 39.7 Å². The molecule has 0 spiro atoms. The van der Waals surface area contributed by atoms with Crippen molar-refractivity contribution in [2.24, 2.45) is 4.99 Å². The molecule has 0 bridgehead atoms. The summed E-state index contributed by atoms with van der Waals surface area (Å²) in [4.78, 5) is 6.78. The van der Waals surface area contributed by atoms with E-state index in [1.807, 2.05) is 18.2 Å². The van der Waals surface area contributed by atoms with Crippen LogP contribution in [-0.2, 0) is 0 Å². The number of rotatable bonds is 6. The molecule has 4 nitrogen and oxygen atoms in total. The second kappa shape index (κ2) is 11.1. The van der Waals surface area contributed by atoms with E-state index in [0.717, 1.165) is 12.3 Å². The molecule has 1 heterocycles. The largest absolute Gasteiger partial charge is 0.401 e. The van der Waals surface area contributed by atoms with Crippen molar-refractivity contribution in [1.82, 2.24) is 15.5 Å². The highest BCUT2D eigenvalue weighted by atomic mass is 127. The van der Waals surface area contributed by atoms with Crippen LogP contribution in [0, 0.1) is 0 Å². The van der Waals surface area contributed by atoms with Crippen LogP contribution in [0.1, 0.15) is 6.42 Å². The minimum absolute atomic E-state index is 0. The van der Waals surface area contributed by atoms with E-state index in [2.05, 4.69) is 27.8 Å². The van der Waals surface area contributed by atoms with Crippen molar-refractivity contribution in [1.29, 1.82) is 0 Å². The van der Waals surface area contributed by atoms with Crippen molar-refractivity contribution < 1.29 is 13.2 Å². The average Bonchev–Trinajstić information content (AvgIpc) is 2.96. The third-order valence-corrected chi connectivity index (χ3v) is 4.66. The van der Waals surface area contributed by atoms with Gasteiger partial charge in [-0.2, -0.15) is 13.2 Å². The van der Waals surface area contributed by atoms with Gasteiger partial charge in [0.25, 0.3) is 0 Å². The molecule has 1 saturated heterocycles. The highest BCUT2D eigenvalue weighted by molar-refractivity contribution is 14.0. The Hall–Kier alpha value is -0.680. The van der Waals surface area contributed by atoms with Gasteiger partial charge in [0.1, 0.15) is 0 Å². The standard InChI is InChI=1S/C16H23F3N4S.HI/c1-20-15(21-8-10-24-14-5-3-2-4-6-14)22-13-7-9-23(11-13)12-16(17,18)19;/h2-6,13H,7-12H2,1H3,(H2,20,21,22);1H. The number of thioether (sulfide) groups is 1. The Morgan fingerprint density at radius 1 is 1.32 bits per heavy atom. The summed E-state index contributed by atoms with van der Waals surface area (Å²) in [5.41, 5.74) is 0. The molecule has 2 rings (SSSR count). The van der Waals surface area contributed by atoms with Gasteiger partial charge in [0.2, 0.25) is 0 Å². The number of halogens is 4. The fourth-order valence-corrected chi connectivity index (χ4v) is 3.38. The minimum Gasteiger partial charge on any atom is -0.356 e. The van der Waals surface area contributed by atoms with Crippen LogP contribution in [0.2, 0.25) is 0 Å². The van der Waals surface area contributed by atoms with Gasteiger partial charge in [-0.1, -0.05) is 18.2 Å². The number of benzene rings is 1. The Balaban J connectivity index is 0.00000312. The molecule has 1 unspecified atom stereocenters. The molecule has 0 amide bonds. The van der Waals surface area contributed by atoms with Crippen LogP contribution in [0.15, 0.2) is 40.2 Å². The van der Waals surface area contributed by atoms with Gasteiger partial charge >= 0.3 is 6.18 Å². The van der Waals surface area contributed by atoms with Gasteiger partial charge in [0.05, 0.1) is 6.54 Å². The summed E-state index contributed by atoms with van der Waals surface area (Å²) < 4.78 is 37.2. The molecule has 0 saturated carbocycles. The van der Waals surface area contributed by atoms with E-state index < -0.39 is 12.7 Å². The average molecular weight is 488 g/mol. The number of nitrogens with zero attached hydrogens (tertiary/aromatic N) is 2. The van der Waals surface area contributed by atoms with Crippen LogP contribution in [-0.4, -0.2) is 62.1 Å². The summed E-state index contributed by atoms with van der Waals surface area (Å²) >= 11 is 1.74. The van der Waals surface area contributed by atoms with Gasteiger partial charge in [0, 0.05) is 43.4 Å². The van der Waals surface area contributed by atoms with Crippen molar-refractivity contribution in [2.75, 3.05) is 39.0 Å². The quantitative estimate of drug-likeness (QED) is 0.212. The lowest BCUT2D eigenvalue weighted by atomic mass is 10.3. The van der Waals surface area contributed by atoms with Gasteiger partial charge in [-0.25, -0.2) is 0 Å². The van der Waals surface area contributed by atoms with Crippen molar-refractivity contribution in [3.05, 3.63) is 30.3 Å². The third kappa shape index (κ3) is 9.00. The summed E-state index contributed by atoms with van der Waals surface area (Å²) in [5, 5.41) is 6.41. The molecule has 0 aliphatic carbocycles. The predicted molar refractivity (Wildman–Crippen MR) is 108 cm³/mol. The summed E-state index contributed by atoms with van der Waals surface area (Å²) in [5.74, 6) is 1.53. The maximum atomic E-state index is 12.4. The molecule has 9 heteroatoms. The van der Waals surface area contributed by atoms with E-state index in [4.69, 9.17) is 0 Å². The summed E-state index contributed by atoms with van der Waals surface area (Å²) in [6, 6.07) is 10.1. The molecule has 1 atom stereocenters. The molecule has 0 aromatic heterocycles. The zero-order chi connectivity index (χ0) is 17.4. The summed E-state index contributed by atoms with van der Waals surface area (Å²) in [6.45, 7) is 0.736. The van der Waals surface area contributed by atoms with Gasteiger partial charge in [0.15, 0.2) is 5.96 Å². The maximum absolute atomic E-state index is 12.4. The highest BCUT2D eigenvalue weighted by Crippen LogP contribution is 2.20. The first-order valence-electron chi connectivity index (χ1n) is 7.90. The van der Waals surface area contributed by atoms with Crippen LogP contribution < -0.4 is 10.6 Å². The van der Waals surface area contributed by atoms with Crippen molar-refractivity contribution >= 4 is 41.7 Å². The van der Waals surface area contributed by atoms with Gasteiger partial charge < -0.3 is 10.6 Å². The van der Waals surface area contributed by atoms with E-state index in [-0.39, 0.29) is 30.0 Å². The highest BCUT2D eigenvalue weighted by Gasteiger charge is 2.34. The number of alkyl halides is 3. The lowest BCUT2D eigenvalue weighted by Gasteiger charge is -2.19. The van der Waals surface area contributed by atoms with Crippen molar-refractivity contribution in [3.63, 3.8) is 0 Å². The first-order chi connectivity index (χ1) is 11.5. The lowest BCUT2D eigenvalue weighted by Crippen LogP contribution is -2.45. The molecular formula is C16H24F3IN4S. The van der Waals surface area contributed by atoms with Crippen LogP contribution in [0.3, 0.4) is 0 Å². The van der Waals surface area contributed by atoms with Crippen LogP contribution in [0.5, 0.6) is 0 Å². The monoisotopic (exact) mass is 488 g/mol. The maximum Gasteiger partial charge on any atom is 0.401 e. The van der Waals surface area contributed by atoms with Crippen LogP contribution in [0.25, 0.3) is 0 Å². The lowest BCUT2D eigenvalue weighted by molar-refractivity contribution is -0.143. The molecule has 1 aliphatic rings. The van der Waals surface area contributed by atoms with Crippen LogP contribution >= 0.6 is 35.7 Å². The predicted octanol–water partition coefficient (Wildman–Crippen LogP) is 3.20. The summed E-state index contributed by atoms with van der Waals surface area (Å²) in [7, 11) is 1.67. The molecule has 142 valence electrons. The second-order valence-electron chi connectivity index (χ2n) is 5.64. The van der Waals surface area contributed by atoms with E-state index >= 15 is 0 Å². The Morgan fingerprint density at radius 2 is 2.04 bits per heavy atom. The third-order valence-electron chi connectivity index (χ3n) is 3.65. The SMILES string of the molecule is CN=C(NCCSc1ccccc1)NC1CCN(CC(F)(F)F)C1.I. The van der Waals surface area contributed by atoms with E-state index in [0.29, 0.717) is 25.5 Å². The smallest absolute Gasteiger partial charge is 0.356 e. The second-order valence-corrected chi connectivity index (χ2v) is 6.81. The first kappa shape index (κ1) is 22.4. The van der Waals surface area contributed by atoms with E-state index in [1.54, 1.807) is 18.8 Å². The molecule has 1 fully saturated rings. The first-order valence-corrected chi connectivity index (χ1v) is 8.89. The minimum atomic E-state index is -4.14. The van der Waals surface area contributed by atoms with Crippen LogP contribution in [0.4, 0.5) is 13.2 Å². The summed E-state index contributed by atoms with van der Waals surface area (Å²) in [6.07, 6.45) is -3.45. The number of aliphatic imine (C=N–C) groups is 1. The molecule has 1 aromatic rings. The Kier molecular flexibility index (Phi) is 9.95. The molecule has 0 radical (unpaired) electrons. The zero-order valence-corrected chi connectivity index (χ0v) is 17.2.